The fourth-order valence-electron chi connectivity index (χ4n) is 3.77. The van der Waals surface area contributed by atoms with E-state index in [9.17, 15) is 0 Å². The van der Waals surface area contributed by atoms with Crippen LogP contribution in [-0.4, -0.2) is 85.2 Å². The van der Waals surface area contributed by atoms with Crippen molar-refractivity contribution in [2.45, 2.75) is 0 Å². The van der Waals surface area contributed by atoms with Gasteiger partial charge in [-0.25, -0.2) is 9.97 Å². The molecule has 2 fully saturated rings. The molecule has 0 radical (unpaired) electrons. The highest BCUT2D eigenvalue weighted by atomic mass is 15.3. The van der Waals surface area contributed by atoms with Crippen LogP contribution < -0.4 is 9.80 Å². The molecule has 138 valence electrons. The van der Waals surface area contributed by atoms with Gasteiger partial charge in [-0.15, -0.1) is 0 Å². The van der Waals surface area contributed by atoms with E-state index < -0.39 is 0 Å². The maximum atomic E-state index is 4.47. The number of hydrogen-bond acceptors (Lipinski definition) is 6. The lowest BCUT2D eigenvalue weighted by molar-refractivity contribution is 0.190. The molecule has 26 heavy (non-hydrogen) atoms. The Morgan fingerprint density at radius 3 is 1.35 bits per heavy atom. The van der Waals surface area contributed by atoms with Gasteiger partial charge in [0.1, 0.15) is 11.6 Å². The number of rotatable bonds is 5. The lowest BCUT2D eigenvalue weighted by Crippen LogP contribution is -2.51. The van der Waals surface area contributed by atoms with E-state index in [1.807, 2.05) is 24.5 Å². The summed E-state index contributed by atoms with van der Waals surface area (Å²) in [5, 5.41) is 0. The predicted molar refractivity (Wildman–Crippen MR) is 106 cm³/mol. The van der Waals surface area contributed by atoms with E-state index in [1.54, 1.807) is 0 Å². The average molecular weight is 352 g/mol. The standard InChI is InChI=1S/C20H28N6/c1-3-7-21-19(5-1)25-15-11-23(12-16-25)9-10-24-13-17-26(18-14-24)20-6-2-4-8-22-20/h1-8H,9-18H2. The molecule has 6 heteroatoms. The lowest BCUT2D eigenvalue weighted by atomic mass is 10.2. The summed E-state index contributed by atoms with van der Waals surface area (Å²) in [4.78, 5) is 18.9. The monoisotopic (exact) mass is 352 g/mol. The van der Waals surface area contributed by atoms with Crippen LogP contribution in [0, 0.1) is 0 Å². The summed E-state index contributed by atoms with van der Waals surface area (Å²) in [5.74, 6) is 2.22. The Hall–Kier alpha value is -2.18. The van der Waals surface area contributed by atoms with E-state index >= 15 is 0 Å². The summed E-state index contributed by atoms with van der Waals surface area (Å²) in [6.07, 6.45) is 3.76. The Morgan fingerprint density at radius 2 is 1.00 bits per heavy atom. The highest BCUT2D eigenvalue weighted by Crippen LogP contribution is 2.14. The van der Waals surface area contributed by atoms with Gasteiger partial charge in [-0.2, -0.15) is 0 Å². The SMILES string of the molecule is c1ccc(N2CCN(CCN3CCN(c4ccccn4)CC3)CC2)nc1. The second-order valence-electron chi connectivity index (χ2n) is 7.03. The lowest BCUT2D eigenvalue weighted by Gasteiger charge is -2.38. The highest BCUT2D eigenvalue weighted by Gasteiger charge is 2.21. The summed E-state index contributed by atoms with van der Waals surface area (Å²) in [7, 11) is 0. The van der Waals surface area contributed by atoms with Gasteiger partial charge in [0.2, 0.25) is 0 Å². The predicted octanol–water partition coefficient (Wildman–Crippen LogP) is 1.42. The van der Waals surface area contributed by atoms with Crippen molar-refractivity contribution in [3.8, 4) is 0 Å². The first-order chi connectivity index (χ1) is 12.9. The van der Waals surface area contributed by atoms with E-state index in [4.69, 9.17) is 0 Å². The molecule has 2 aliphatic heterocycles. The third-order valence-electron chi connectivity index (χ3n) is 5.42. The second kappa shape index (κ2) is 8.47. The van der Waals surface area contributed by atoms with Crippen molar-refractivity contribution in [3.63, 3.8) is 0 Å². The van der Waals surface area contributed by atoms with Crippen molar-refractivity contribution in [2.75, 3.05) is 75.2 Å². The average Bonchev–Trinajstić information content (AvgIpc) is 2.74. The zero-order valence-electron chi connectivity index (χ0n) is 15.4. The Labute approximate surface area is 156 Å². The molecule has 0 bridgehead atoms. The maximum absolute atomic E-state index is 4.47. The van der Waals surface area contributed by atoms with Crippen LogP contribution in [0.1, 0.15) is 0 Å². The Morgan fingerprint density at radius 1 is 0.577 bits per heavy atom. The molecule has 0 spiro atoms. The third kappa shape index (κ3) is 4.31. The highest BCUT2D eigenvalue weighted by molar-refractivity contribution is 5.39. The molecule has 0 aromatic carbocycles. The summed E-state index contributed by atoms with van der Waals surface area (Å²) < 4.78 is 0. The molecular formula is C20H28N6. The number of aromatic nitrogens is 2. The second-order valence-corrected chi connectivity index (χ2v) is 7.03. The number of hydrogen-bond donors (Lipinski definition) is 0. The minimum Gasteiger partial charge on any atom is -0.354 e. The van der Waals surface area contributed by atoms with Gasteiger partial charge in [-0.3, -0.25) is 9.80 Å². The van der Waals surface area contributed by atoms with Crippen molar-refractivity contribution in [2.24, 2.45) is 0 Å². The molecule has 6 nitrogen and oxygen atoms in total. The Balaban J connectivity index is 1.17. The first-order valence-corrected chi connectivity index (χ1v) is 9.65. The van der Waals surface area contributed by atoms with Crippen LogP contribution >= 0.6 is 0 Å². The molecular weight excluding hydrogens is 324 g/mol. The van der Waals surface area contributed by atoms with Gasteiger partial charge in [0.15, 0.2) is 0 Å². The minimum absolute atomic E-state index is 1.07. The molecule has 0 aliphatic carbocycles. The van der Waals surface area contributed by atoms with Crippen LogP contribution in [0.2, 0.25) is 0 Å². The number of anilines is 2. The topological polar surface area (TPSA) is 38.7 Å². The summed E-state index contributed by atoms with van der Waals surface area (Å²) in [5.41, 5.74) is 0. The minimum atomic E-state index is 1.07. The van der Waals surface area contributed by atoms with Crippen LogP contribution in [0.3, 0.4) is 0 Å². The fourth-order valence-corrected chi connectivity index (χ4v) is 3.77. The molecule has 0 amide bonds. The van der Waals surface area contributed by atoms with Crippen LogP contribution in [-0.2, 0) is 0 Å². The van der Waals surface area contributed by atoms with Crippen LogP contribution in [0.4, 0.5) is 11.6 Å². The molecule has 2 aromatic rings. The number of pyridine rings is 2. The van der Waals surface area contributed by atoms with E-state index in [1.165, 1.54) is 13.1 Å². The zero-order chi connectivity index (χ0) is 17.6. The first kappa shape index (κ1) is 17.2. The zero-order valence-corrected chi connectivity index (χ0v) is 15.4. The molecule has 0 unspecified atom stereocenters. The van der Waals surface area contributed by atoms with Gasteiger partial charge in [-0.1, -0.05) is 12.1 Å². The number of nitrogens with zero attached hydrogens (tertiary/aromatic N) is 6. The molecule has 2 saturated heterocycles. The van der Waals surface area contributed by atoms with Crippen LogP contribution in [0.25, 0.3) is 0 Å². The third-order valence-corrected chi connectivity index (χ3v) is 5.42. The van der Waals surface area contributed by atoms with Gasteiger partial charge in [0.05, 0.1) is 0 Å². The molecule has 0 atom stereocenters. The van der Waals surface area contributed by atoms with Gasteiger partial charge >= 0.3 is 0 Å². The van der Waals surface area contributed by atoms with E-state index in [0.29, 0.717) is 0 Å². The summed E-state index contributed by atoms with van der Waals surface area (Å²) in [6.45, 7) is 11.1. The largest absolute Gasteiger partial charge is 0.354 e. The summed E-state index contributed by atoms with van der Waals surface area (Å²) >= 11 is 0. The van der Waals surface area contributed by atoms with Crippen LogP contribution in [0.5, 0.6) is 0 Å². The van der Waals surface area contributed by atoms with Crippen molar-refractivity contribution in [1.29, 1.82) is 0 Å². The maximum Gasteiger partial charge on any atom is 0.128 e. The van der Waals surface area contributed by atoms with E-state index in [0.717, 1.165) is 64.0 Å². The molecule has 2 aromatic heterocycles. The van der Waals surface area contributed by atoms with Crippen molar-refractivity contribution in [3.05, 3.63) is 48.8 Å². The van der Waals surface area contributed by atoms with E-state index in [-0.39, 0.29) is 0 Å². The smallest absolute Gasteiger partial charge is 0.128 e. The van der Waals surface area contributed by atoms with Crippen LogP contribution in [0.15, 0.2) is 48.8 Å². The van der Waals surface area contributed by atoms with Gasteiger partial charge < -0.3 is 9.80 Å². The fraction of sp³-hybridized carbons (Fsp3) is 0.500. The quantitative estimate of drug-likeness (QED) is 0.810. The van der Waals surface area contributed by atoms with Gasteiger partial charge in [-0.05, 0) is 24.3 Å². The Bertz CT molecular complexity index is 589. The number of piperazine rings is 2. The molecule has 4 rings (SSSR count). The summed E-state index contributed by atoms with van der Waals surface area (Å²) in [6, 6.07) is 12.3. The molecule has 2 aliphatic rings. The first-order valence-electron chi connectivity index (χ1n) is 9.65. The van der Waals surface area contributed by atoms with E-state index in [2.05, 4.69) is 53.8 Å². The van der Waals surface area contributed by atoms with Crippen molar-refractivity contribution in [1.82, 2.24) is 19.8 Å². The van der Waals surface area contributed by atoms with Crippen molar-refractivity contribution < 1.29 is 0 Å². The molecule has 0 saturated carbocycles. The van der Waals surface area contributed by atoms with Crippen molar-refractivity contribution >= 4 is 11.6 Å². The van der Waals surface area contributed by atoms with Gasteiger partial charge in [0.25, 0.3) is 0 Å². The normalized spacial score (nSPS) is 19.7. The Kier molecular flexibility index (Phi) is 5.62. The molecule has 4 heterocycles. The van der Waals surface area contributed by atoms with Gasteiger partial charge in [0, 0.05) is 77.8 Å². The molecule has 0 N–H and O–H groups in total.